The lowest BCUT2D eigenvalue weighted by molar-refractivity contribution is 0.498. The van der Waals surface area contributed by atoms with Gasteiger partial charge in [0.05, 0.1) is 5.52 Å². The maximum absolute atomic E-state index is 13.1. The number of imidazole rings is 1. The number of pyridine rings is 1. The van der Waals surface area contributed by atoms with Gasteiger partial charge in [-0.3, -0.25) is 0 Å². The van der Waals surface area contributed by atoms with E-state index in [1.165, 1.54) is 17.3 Å². The van der Waals surface area contributed by atoms with Crippen molar-refractivity contribution in [3.63, 3.8) is 0 Å². The number of para-hydroxylation sites is 1. The van der Waals surface area contributed by atoms with E-state index in [1.807, 2.05) is 0 Å². The summed E-state index contributed by atoms with van der Waals surface area (Å²) in [6.07, 6.45) is 2.05. The van der Waals surface area contributed by atoms with Gasteiger partial charge in [-0.1, -0.05) is 18.2 Å². The number of hydrogen-bond acceptors (Lipinski definition) is 5. The summed E-state index contributed by atoms with van der Waals surface area (Å²) in [7, 11) is 0. The third-order valence-corrected chi connectivity index (χ3v) is 4.43. The van der Waals surface area contributed by atoms with Gasteiger partial charge in [-0.25, -0.2) is 0 Å². The Morgan fingerprint density at radius 1 is 1.12 bits per heavy atom. The molecular weight excluding hydrogens is 319 g/mol. The number of fused-ring (bicyclic) bond motifs is 2. The van der Waals surface area contributed by atoms with Crippen LogP contribution >= 0.6 is 0 Å². The third-order valence-electron chi connectivity index (χ3n) is 4.43. The van der Waals surface area contributed by atoms with E-state index in [0.717, 1.165) is 38.0 Å². The average Bonchev–Trinajstić information content (AvgIpc) is 3.03. The second-order valence-electron chi connectivity index (χ2n) is 6.18. The molecule has 0 amide bonds. The Labute approximate surface area is 145 Å². The Morgan fingerprint density at radius 3 is 3.00 bits per heavy atom. The lowest BCUT2D eigenvalue weighted by atomic mass is 9.98. The number of hydrogen-bond donors (Lipinski definition) is 4. The molecule has 0 saturated carbocycles. The molecule has 4 rings (SSSR count). The maximum Gasteiger partial charge on any atom is 0.215 e. The minimum absolute atomic E-state index is 0.395. The molecule has 1 aliphatic rings. The molecule has 130 valence electrons. The molecule has 0 radical (unpaired) electrons. The lowest BCUT2D eigenvalue weighted by Crippen LogP contribution is -2.29. The van der Waals surface area contributed by atoms with Gasteiger partial charge in [0.15, 0.2) is 5.65 Å². The van der Waals surface area contributed by atoms with Crippen LogP contribution in [0.5, 0.6) is 0 Å². The summed E-state index contributed by atoms with van der Waals surface area (Å²) in [5.74, 6) is 0.109. The molecule has 2 aromatic heterocycles. The highest BCUT2D eigenvalue weighted by Crippen LogP contribution is 2.29. The van der Waals surface area contributed by atoms with Gasteiger partial charge in [-0.05, 0) is 43.1 Å². The van der Waals surface area contributed by atoms with E-state index in [-0.39, 0.29) is 0 Å². The Morgan fingerprint density at radius 2 is 2.04 bits per heavy atom. The number of nitrogens with one attached hydrogen (secondary N) is 4. The fraction of sp³-hybridized carbons (Fsp3) is 0.333. The predicted molar refractivity (Wildman–Crippen MR) is 97.2 cm³/mol. The first kappa shape index (κ1) is 15.8. The smallest absolute Gasteiger partial charge is 0.215 e. The van der Waals surface area contributed by atoms with Crippen LogP contribution in [0.3, 0.4) is 0 Å². The standard InChI is InChI=1S/C18H21FN6/c19-16-7-6-15-17(24-16)25-18(23-15)22-10-3-9-20-14-8-11-21-13-5-2-1-4-12(13)14/h1-2,4-7,14,20-21H,3,8-11H2,(H2,22,23,24,25). The molecular formula is C18H21FN6. The van der Waals surface area contributed by atoms with E-state index in [9.17, 15) is 4.39 Å². The number of aromatic amines is 1. The summed E-state index contributed by atoms with van der Waals surface area (Å²) < 4.78 is 13.1. The fourth-order valence-electron chi connectivity index (χ4n) is 3.21. The zero-order valence-corrected chi connectivity index (χ0v) is 13.8. The molecule has 0 saturated heterocycles. The number of H-pyrrole nitrogens is 1. The monoisotopic (exact) mass is 340 g/mol. The molecule has 0 bridgehead atoms. The molecule has 3 heterocycles. The molecule has 1 atom stereocenters. The molecule has 25 heavy (non-hydrogen) atoms. The summed E-state index contributed by atoms with van der Waals surface area (Å²) in [5.41, 5.74) is 3.69. The first-order valence-electron chi connectivity index (χ1n) is 8.62. The average molecular weight is 340 g/mol. The molecule has 7 heteroatoms. The van der Waals surface area contributed by atoms with E-state index < -0.39 is 5.95 Å². The zero-order chi connectivity index (χ0) is 17.1. The van der Waals surface area contributed by atoms with Crippen molar-refractivity contribution in [2.24, 2.45) is 0 Å². The Kier molecular flexibility index (Phi) is 4.47. The maximum atomic E-state index is 13.1. The van der Waals surface area contributed by atoms with Gasteiger partial charge in [0.25, 0.3) is 0 Å². The second-order valence-corrected chi connectivity index (χ2v) is 6.18. The van der Waals surface area contributed by atoms with Gasteiger partial charge in [-0.2, -0.15) is 14.4 Å². The van der Waals surface area contributed by atoms with Gasteiger partial charge >= 0.3 is 0 Å². The van der Waals surface area contributed by atoms with E-state index in [0.29, 0.717) is 17.6 Å². The number of nitrogens with zero attached hydrogens (tertiary/aromatic N) is 2. The third kappa shape index (κ3) is 3.56. The molecule has 4 N–H and O–H groups in total. The molecule has 0 aliphatic carbocycles. The Hall–Kier alpha value is -2.67. The van der Waals surface area contributed by atoms with Crippen molar-refractivity contribution in [1.82, 2.24) is 20.3 Å². The van der Waals surface area contributed by atoms with Crippen LogP contribution in [0.25, 0.3) is 11.2 Å². The predicted octanol–water partition coefficient (Wildman–Crippen LogP) is 3.05. The van der Waals surface area contributed by atoms with Crippen molar-refractivity contribution in [1.29, 1.82) is 0 Å². The lowest BCUT2D eigenvalue weighted by Gasteiger charge is -2.27. The minimum atomic E-state index is -0.517. The van der Waals surface area contributed by atoms with Gasteiger partial charge in [0.2, 0.25) is 11.9 Å². The highest BCUT2D eigenvalue weighted by molar-refractivity contribution is 5.72. The number of aromatic nitrogens is 3. The van der Waals surface area contributed by atoms with E-state index >= 15 is 0 Å². The van der Waals surface area contributed by atoms with Crippen LogP contribution < -0.4 is 16.0 Å². The Bertz CT molecular complexity index is 862. The number of halogens is 1. The van der Waals surface area contributed by atoms with Gasteiger partial charge in [-0.15, -0.1) is 0 Å². The molecule has 1 unspecified atom stereocenters. The normalized spacial score (nSPS) is 16.4. The molecule has 1 aromatic carbocycles. The van der Waals surface area contributed by atoms with Crippen LogP contribution in [0.1, 0.15) is 24.4 Å². The van der Waals surface area contributed by atoms with Gasteiger partial charge < -0.3 is 20.9 Å². The summed E-state index contributed by atoms with van der Waals surface area (Å²) in [6, 6.07) is 11.8. The van der Waals surface area contributed by atoms with E-state index in [4.69, 9.17) is 0 Å². The summed E-state index contributed by atoms with van der Waals surface area (Å²) in [6.45, 7) is 2.69. The van der Waals surface area contributed by atoms with Crippen LogP contribution in [0.2, 0.25) is 0 Å². The number of benzene rings is 1. The minimum Gasteiger partial charge on any atom is -0.385 e. The number of rotatable bonds is 6. The van der Waals surface area contributed by atoms with Crippen LogP contribution in [0.15, 0.2) is 36.4 Å². The molecule has 1 aliphatic heterocycles. The van der Waals surface area contributed by atoms with E-state index in [1.54, 1.807) is 6.07 Å². The van der Waals surface area contributed by atoms with Crippen LogP contribution in [0, 0.1) is 5.95 Å². The second kappa shape index (κ2) is 7.06. The van der Waals surface area contributed by atoms with Crippen molar-refractivity contribution < 1.29 is 4.39 Å². The SMILES string of the molecule is Fc1ccc2[nH]c(NCCCNC3CCNc4ccccc43)nc2n1. The molecule has 3 aromatic rings. The highest BCUT2D eigenvalue weighted by atomic mass is 19.1. The summed E-state index contributed by atoms with van der Waals surface area (Å²) >= 11 is 0. The van der Waals surface area contributed by atoms with Crippen molar-refractivity contribution in [2.75, 3.05) is 30.3 Å². The topological polar surface area (TPSA) is 77.7 Å². The van der Waals surface area contributed by atoms with Crippen molar-refractivity contribution >= 4 is 22.8 Å². The van der Waals surface area contributed by atoms with Crippen LogP contribution in [-0.4, -0.2) is 34.6 Å². The molecule has 0 fully saturated rings. The number of anilines is 2. The van der Waals surface area contributed by atoms with Gasteiger partial charge in [0.1, 0.15) is 0 Å². The summed E-state index contributed by atoms with van der Waals surface area (Å²) in [4.78, 5) is 11.1. The summed E-state index contributed by atoms with van der Waals surface area (Å²) in [5, 5.41) is 10.3. The van der Waals surface area contributed by atoms with Gasteiger partial charge in [0, 0.05) is 24.8 Å². The highest BCUT2D eigenvalue weighted by Gasteiger charge is 2.18. The quantitative estimate of drug-likeness (QED) is 0.410. The van der Waals surface area contributed by atoms with Crippen molar-refractivity contribution in [2.45, 2.75) is 18.9 Å². The largest absolute Gasteiger partial charge is 0.385 e. The van der Waals surface area contributed by atoms with Crippen molar-refractivity contribution in [3.8, 4) is 0 Å². The first-order valence-corrected chi connectivity index (χ1v) is 8.62. The van der Waals surface area contributed by atoms with E-state index in [2.05, 4.69) is 55.2 Å². The molecule has 0 spiro atoms. The molecule has 6 nitrogen and oxygen atoms in total. The van der Waals surface area contributed by atoms with Crippen molar-refractivity contribution in [3.05, 3.63) is 47.9 Å². The fourth-order valence-corrected chi connectivity index (χ4v) is 3.21. The Balaban J connectivity index is 1.26. The zero-order valence-electron chi connectivity index (χ0n) is 13.8. The van der Waals surface area contributed by atoms with Crippen LogP contribution in [-0.2, 0) is 0 Å². The van der Waals surface area contributed by atoms with Crippen LogP contribution in [0.4, 0.5) is 16.0 Å². The first-order chi connectivity index (χ1) is 12.3.